The fourth-order valence-electron chi connectivity index (χ4n) is 3.13. The lowest BCUT2D eigenvalue weighted by molar-refractivity contribution is -0.144. The van der Waals surface area contributed by atoms with E-state index in [1.807, 2.05) is 49.4 Å². The maximum atomic E-state index is 11.5. The van der Waals surface area contributed by atoms with Crippen molar-refractivity contribution < 1.29 is 19.0 Å². The van der Waals surface area contributed by atoms with Gasteiger partial charge < -0.3 is 19.1 Å². The van der Waals surface area contributed by atoms with Gasteiger partial charge in [0.1, 0.15) is 24.2 Å². The number of para-hydroxylation sites is 2. The first kappa shape index (κ1) is 18.1. The normalized spacial score (nSPS) is 17.0. The SMILES string of the molecule is COC(=O)C(C)Cc1ccc(OCC2CN(C)c3ccccc3O2)cc1. The van der Waals surface area contributed by atoms with Crippen LogP contribution in [0.15, 0.2) is 48.5 Å². The molecular formula is C21H25NO4. The third-order valence-electron chi connectivity index (χ3n) is 4.55. The van der Waals surface area contributed by atoms with Crippen LogP contribution in [0.2, 0.25) is 0 Å². The fraction of sp³-hybridized carbons (Fsp3) is 0.381. The van der Waals surface area contributed by atoms with Gasteiger partial charge in [-0.2, -0.15) is 0 Å². The Balaban J connectivity index is 1.53. The summed E-state index contributed by atoms with van der Waals surface area (Å²) in [6.45, 7) is 3.13. The highest BCUT2D eigenvalue weighted by molar-refractivity contribution is 5.72. The van der Waals surface area contributed by atoms with Gasteiger partial charge in [0.05, 0.1) is 25.3 Å². The Labute approximate surface area is 154 Å². The van der Waals surface area contributed by atoms with E-state index in [-0.39, 0.29) is 18.0 Å². The first-order chi connectivity index (χ1) is 12.6. The van der Waals surface area contributed by atoms with Crippen molar-refractivity contribution in [1.82, 2.24) is 0 Å². The number of esters is 1. The number of hydrogen-bond acceptors (Lipinski definition) is 5. The summed E-state index contributed by atoms with van der Waals surface area (Å²) in [7, 11) is 3.48. The second-order valence-electron chi connectivity index (χ2n) is 6.67. The minimum atomic E-state index is -0.191. The van der Waals surface area contributed by atoms with Crippen molar-refractivity contribution >= 4 is 11.7 Å². The number of hydrogen-bond donors (Lipinski definition) is 0. The molecule has 1 heterocycles. The molecule has 0 N–H and O–H groups in total. The molecule has 0 amide bonds. The standard InChI is InChI=1S/C21H25NO4/c1-15(21(23)24-3)12-16-8-10-17(11-9-16)25-14-18-13-22(2)19-6-4-5-7-20(19)26-18/h4-11,15,18H,12-14H2,1-3H3. The number of benzene rings is 2. The number of carbonyl (C=O) groups excluding carboxylic acids is 1. The third-order valence-corrected chi connectivity index (χ3v) is 4.55. The molecule has 0 aromatic heterocycles. The van der Waals surface area contributed by atoms with Crippen molar-refractivity contribution in [3.8, 4) is 11.5 Å². The molecule has 0 saturated heterocycles. The van der Waals surface area contributed by atoms with E-state index < -0.39 is 0 Å². The number of nitrogens with zero attached hydrogens (tertiary/aromatic N) is 1. The topological polar surface area (TPSA) is 48.0 Å². The zero-order valence-corrected chi connectivity index (χ0v) is 15.5. The number of carbonyl (C=O) groups is 1. The van der Waals surface area contributed by atoms with Crippen molar-refractivity contribution in [2.45, 2.75) is 19.4 Å². The largest absolute Gasteiger partial charge is 0.490 e. The Morgan fingerprint density at radius 2 is 1.96 bits per heavy atom. The van der Waals surface area contributed by atoms with Crippen LogP contribution in [0.4, 0.5) is 5.69 Å². The van der Waals surface area contributed by atoms with Crippen LogP contribution in [-0.2, 0) is 16.0 Å². The summed E-state index contributed by atoms with van der Waals surface area (Å²) in [5.41, 5.74) is 2.19. The van der Waals surface area contributed by atoms with Crippen LogP contribution < -0.4 is 14.4 Å². The quantitative estimate of drug-likeness (QED) is 0.744. The van der Waals surface area contributed by atoms with E-state index in [9.17, 15) is 4.79 Å². The minimum Gasteiger partial charge on any atom is -0.490 e. The summed E-state index contributed by atoms with van der Waals surface area (Å²) in [6, 6.07) is 15.9. The van der Waals surface area contributed by atoms with Gasteiger partial charge in [0.15, 0.2) is 0 Å². The van der Waals surface area contributed by atoms with E-state index in [4.69, 9.17) is 14.2 Å². The van der Waals surface area contributed by atoms with Gasteiger partial charge in [0.25, 0.3) is 0 Å². The zero-order valence-electron chi connectivity index (χ0n) is 15.5. The minimum absolute atomic E-state index is 0.0195. The zero-order chi connectivity index (χ0) is 18.5. The van der Waals surface area contributed by atoms with E-state index in [0.29, 0.717) is 13.0 Å². The predicted molar refractivity (Wildman–Crippen MR) is 101 cm³/mol. The molecule has 2 aromatic rings. The van der Waals surface area contributed by atoms with Gasteiger partial charge in [-0.3, -0.25) is 4.79 Å². The van der Waals surface area contributed by atoms with Crippen molar-refractivity contribution in [2.75, 3.05) is 32.2 Å². The average Bonchev–Trinajstić information content (AvgIpc) is 2.67. The summed E-state index contributed by atoms with van der Waals surface area (Å²) < 4.78 is 16.7. The smallest absolute Gasteiger partial charge is 0.308 e. The summed E-state index contributed by atoms with van der Waals surface area (Å²) in [5.74, 6) is 1.34. The van der Waals surface area contributed by atoms with Crippen molar-refractivity contribution in [3.63, 3.8) is 0 Å². The van der Waals surface area contributed by atoms with Gasteiger partial charge in [0.2, 0.25) is 0 Å². The number of likely N-dealkylation sites (N-methyl/N-ethyl adjacent to an activating group) is 1. The van der Waals surface area contributed by atoms with Crippen molar-refractivity contribution in [1.29, 1.82) is 0 Å². The number of methoxy groups -OCH3 is 1. The van der Waals surface area contributed by atoms with Crippen LogP contribution in [0.25, 0.3) is 0 Å². The maximum Gasteiger partial charge on any atom is 0.308 e. The molecule has 0 radical (unpaired) electrons. The molecule has 0 aliphatic carbocycles. The van der Waals surface area contributed by atoms with Gasteiger partial charge in [-0.15, -0.1) is 0 Å². The lowest BCUT2D eigenvalue weighted by Gasteiger charge is -2.33. The number of anilines is 1. The van der Waals surface area contributed by atoms with Crippen molar-refractivity contribution in [3.05, 3.63) is 54.1 Å². The lowest BCUT2D eigenvalue weighted by Crippen LogP contribution is -2.41. The molecule has 5 heteroatoms. The van der Waals surface area contributed by atoms with E-state index >= 15 is 0 Å². The van der Waals surface area contributed by atoms with Gasteiger partial charge in [0, 0.05) is 7.05 Å². The Hall–Kier alpha value is -2.69. The maximum absolute atomic E-state index is 11.5. The molecule has 138 valence electrons. The van der Waals surface area contributed by atoms with E-state index in [1.165, 1.54) is 7.11 Å². The Morgan fingerprint density at radius 3 is 2.69 bits per heavy atom. The summed E-state index contributed by atoms with van der Waals surface area (Å²) in [6.07, 6.45) is 0.634. The van der Waals surface area contributed by atoms with Crippen LogP contribution >= 0.6 is 0 Å². The lowest BCUT2D eigenvalue weighted by atomic mass is 10.0. The van der Waals surface area contributed by atoms with E-state index in [1.54, 1.807) is 0 Å². The Bertz CT molecular complexity index is 744. The third kappa shape index (κ3) is 4.28. The average molecular weight is 355 g/mol. The molecule has 26 heavy (non-hydrogen) atoms. The molecule has 1 aliphatic rings. The summed E-state index contributed by atoms with van der Waals surface area (Å²) in [4.78, 5) is 13.7. The molecule has 0 bridgehead atoms. The molecule has 2 aromatic carbocycles. The molecule has 3 rings (SSSR count). The van der Waals surface area contributed by atoms with Crippen LogP contribution in [0.1, 0.15) is 12.5 Å². The predicted octanol–water partition coefficient (Wildman–Crippen LogP) is 3.31. The fourth-order valence-corrected chi connectivity index (χ4v) is 3.13. The molecule has 1 aliphatic heterocycles. The monoisotopic (exact) mass is 355 g/mol. The molecule has 0 fully saturated rings. The number of rotatable bonds is 6. The number of fused-ring (bicyclic) bond motifs is 1. The summed E-state index contributed by atoms with van der Waals surface area (Å²) >= 11 is 0. The van der Waals surface area contributed by atoms with Gasteiger partial charge in [-0.1, -0.05) is 31.2 Å². The van der Waals surface area contributed by atoms with Gasteiger partial charge in [-0.05, 0) is 36.2 Å². The van der Waals surface area contributed by atoms with E-state index in [0.717, 1.165) is 29.3 Å². The number of ether oxygens (including phenoxy) is 3. The highest BCUT2D eigenvalue weighted by Gasteiger charge is 2.23. The Morgan fingerprint density at radius 1 is 1.23 bits per heavy atom. The Kier molecular flexibility index (Phi) is 5.66. The van der Waals surface area contributed by atoms with Gasteiger partial charge >= 0.3 is 5.97 Å². The molecule has 5 nitrogen and oxygen atoms in total. The molecule has 0 saturated carbocycles. The second kappa shape index (κ2) is 8.13. The van der Waals surface area contributed by atoms with Crippen LogP contribution in [-0.4, -0.2) is 39.4 Å². The molecule has 2 unspecified atom stereocenters. The van der Waals surface area contributed by atoms with Crippen molar-refractivity contribution in [2.24, 2.45) is 5.92 Å². The molecular weight excluding hydrogens is 330 g/mol. The molecule has 2 atom stereocenters. The highest BCUT2D eigenvalue weighted by Crippen LogP contribution is 2.32. The molecule has 0 spiro atoms. The highest BCUT2D eigenvalue weighted by atomic mass is 16.5. The summed E-state index contributed by atoms with van der Waals surface area (Å²) in [5, 5.41) is 0. The van der Waals surface area contributed by atoms with Crippen LogP contribution in [0.3, 0.4) is 0 Å². The first-order valence-electron chi connectivity index (χ1n) is 8.83. The van der Waals surface area contributed by atoms with Crippen LogP contribution in [0, 0.1) is 5.92 Å². The van der Waals surface area contributed by atoms with Gasteiger partial charge in [-0.25, -0.2) is 0 Å². The van der Waals surface area contributed by atoms with E-state index in [2.05, 4.69) is 18.0 Å². The first-order valence-corrected chi connectivity index (χ1v) is 8.83. The van der Waals surface area contributed by atoms with Crippen LogP contribution in [0.5, 0.6) is 11.5 Å². The second-order valence-corrected chi connectivity index (χ2v) is 6.67.